The summed E-state index contributed by atoms with van der Waals surface area (Å²) in [6, 6.07) is 0. The molecule has 1 heterocycles. The molecular formula is C10H18N2. The zero-order valence-corrected chi connectivity index (χ0v) is 8.08. The van der Waals surface area contributed by atoms with Crippen molar-refractivity contribution in [2.45, 2.75) is 25.7 Å². The van der Waals surface area contributed by atoms with Crippen LogP contribution in [0.5, 0.6) is 0 Å². The van der Waals surface area contributed by atoms with E-state index in [0.29, 0.717) is 0 Å². The highest BCUT2D eigenvalue weighted by Gasteiger charge is 2.35. The van der Waals surface area contributed by atoms with Gasteiger partial charge in [-0.1, -0.05) is 6.42 Å². The molecule has 2 fully saturated rings. The smallest absolute Gasteiger partial charge is 0.102 e. The predicted molar refractivity (Wildman–Crippen MR) is 51.4 cm³/mol. The van der Waals surface area contributed by atoms with E-state index in [1.807, 2.05) is 7.05 Å². The Kier molecular flexibility index (Phi) is 2.07. The standard InChI is InChI=1S/C10H18N2/c1-11-10-9-5-3-4-8(9)6-7-12(10)2/h8-9H,3-7H2,1-2H3. The maximum atomic E-state index is 4.41. The molecule has 1 saturated carbocycles. The van der Waals surface area contributed by atoms with Crippen molar-refractivity contribution in [2.24, 2.45) is 16.8 Å². The van der Waals surface area contributed by atoms with Gasteiger partial charge in [0.05, 0.1) is 0 Å². The molecule has 2 atom stereocenters. The molecule has 2 heteroatoms. The first kappa shape index (κ1) is 8.09. The topological polar surface area (TPSA) is 15.6 Å². The minimum atomic E-state index is 0.800. The van der Waals surface area contributed by atoms with Crippen molar-refractivity contribution in [1.82, 2.24) is 4.90 Å². The van der Waals surface area contributed by atoms with Crippen LogP contribution in [0, 0.1) is 11.8 Å². The fourth-order valence-corrected chi connectivity index (χ4v) is 2.82. The SMILES string of the molecule is CN=C1C2CCCC2CCN1C. The highest BCUT2D eigenvalue weighted by atomic mass is 15.2. The average Bonchev–Trinajstić information content (AvgIpc) is 2.52. The summed E-state index contributed by atoms with van der Waals surface area (Å²) in [5.74, 6) is 3.12. The number of hydrogen-bond donors (Lipinski definition) is 0. The lowest BCUT2D eigenvalue weighted by Crippen LogP contribution is -2.41. The molecule has 0 aromatic carbocycles. The highest BCUT2D eigenvalue weighted by molar-refractivity contribution is 5.85. The van der Waals surface area contributed by atoms with Crippen LogP contribution in [0.4, 0.5) is 0 Å². The monoisotopic (exact) mass is 166 g/mol. The van der Waals surface area contributed by atoms with E-state index in [4.69, 9.17) is 0 Å². The molecule has 0 aromatic rings. The van der Waals surface area contributed by atoms with Gasteiger partial charge in [0, 0.05) is 26.6 Å². The van der Waals surface area contributed by atoms with E-state index >= 15 is 0 Å². The number of aliphatic imine (C=N–C) groups is 1. The second-order valence-corrected chi connectivity index (χ2v) is 4.09. The molecule has 1 saturated heterocycles. The van der Waals surface area contributed by atoms with E-state index in [9.17, 15) is 0 Å². The Bertz CT molecular complexity index is 198. The van der Waals surface area contributed by atoms with Crippen LogP contribution in [0.1, 0.15) is 25.7 Å². The molecule has 68 valence electrons. The fraction of sp³-hybridized carbons (Fsp3) is 0.900. The fourth-order valence-electron chi connectivity index (χ4n) is 2.82. The first-order valence-corrected chi connectivity index (χ1v) is 5.00. The highest BCUT2D eigenvalue weighted by Crippen LogP contribution is 2.38. The number of hydrogen-bond acceptors (Lipinski definition) is 1. The quantitative estimate of drug-likeness (QED) is 0.535. The number of nitrogens with zero attached hydrogens (tertiary/aromatic N) is 2. The summed E-state index contributed by atoms with van der Waals surface area (Å²) in [5, 5.41) is 0. The van der Waals surface area contributed by atoms with Gasteiger partial charge in [0.15, 0.2) is 0 Å². The summed E-state index contributed by atoms with van der Waals surface area (Å²) in [6.45, 7) is 1.22. The van der Waals surface area contributed by atoms with Crippen LogP contribution in [-0.4, -0.2) is 31.4 Å². The summed E-state index contributed by atoms with van der Waals surface area (Å²) >= 11 is 0. The van der Waals surface area contributed by atoms with Crippen molar-refractivity contribution in [3.05, 3.63) is 0 Å². The average molecular weight is 166 g/mol. The molecule has 1 aliphatic carbocycles. The van der Waals surface area contributed by atoms with E-state index in [0.717, 1.165) is 11.8 Å². The van der Waals surface area contributed by atoms with Crippen LogP contribution < -0.4 is 0 Å². The molecular weight excluding hydrogens is 148 g/mol. The Morgan fingerprint density at radius 3 is 2.92 bits per heavy atom. The molecule has 2 nitrogen and oxygen atoms in total. The largest absolute Gasteiger partial charge is 0.363 e. The van der Waals surface area contributed by atoms with Gasteiger partial charge in [-0.15, -0.1) is 0 Å². The molecule has 1 aliphatic heterocycles. The molecule has 0 amide bonds. The zero-order valence-electron chi connectivity index (χ0n) is 8.08. The lowest BCUT2D eigenvalue weighted by atomic mass is 9.88. The Labute approximate surface area is 74.7 Å². The van der Waals surface area contributed by atoms with Crippen molar-refractivity contribution in [3.8, 4) is 0 Å². The molecule has 2 rings (SSSR count). The first-order chi connectivity index (χ1) is 5.83. The maximum absolute atomic E-state index is 4.41. The van der Waals surface area contributed by atoms with Crippen LogP contribution in [0.2, 0.25) is 0 Å². The van der Waals surface area contributed by atoms with E-state index in [1.54, 1.807) is 0 Å². The van der Waals surface area contributed by atoms with Gasteiger partial charge in [0.1, 0.15) is 5.84 Å². The lowest BCUT2D eigenvalue weighted by Gasteiger charge is -2.35. The summed E-state index contributed by atoms with van der Waals surface area (Å²) in [5.41, 5.74) is 0. The van der Waals surface area contributed by atoms with Crippen molar-refractivity contribution < 1.29 is 0 Å². The predicted octanol–water partition coefficient (Wildman–Crippen LogP) is 1.77. The summed E-state index contributed by atoms with van der Waals surface area (Å²) in [6.07, 6.45) is 5.63. The lowest BCUT2D eigenvalue weighted by molar-refractivity contribution is 0.308. The van der Waals surface area contributed by atoms with Gasteiger partial charge >= 0.3 is 0 Å². The summed E-state index contributed by atoms with van der Waals surface area (Å²) < 4.78 is 0. The van der Waals surface area contributed by atoms with Crippen molar-refractivity contribution in [1.29, 1.82) is 0 Å². The summed E-state index contributed by atoms with van der Waals surface area (Å²) in [4.78, 5) is 6.75. The Balaban J connectivity index is 2.17. The van der Waals surface area contributed by atoms with Gasteiger partial charge in [0.25, 0.3) is 0 Å². The molecule has 2 aliphatic rings. The van der Waals surface area contributed by atoms with Gasteiger partial charge < -0.3 is 4.90 Å². The second kappa shape index (κ2) is 3.08. The molecule has 12 heavy (non-hydrogen) atoms. The van der Waals surface area contributed by atoms with Gasteiger partial charge in [0.2, 0.25) is 0 Å². The van der Waals surface area contributed by atoms with E-state index in [-0.39, 0.29) is 0 Å². The van der Waals surface area contributed by atoms with Crippen LogP contribution in [0.25, 0.3) is 0 Å². The maximum Gasteiger partial charge on any atom is 0.102 e. The molecule has 0 aromatic heterocycles. The third-order valence-corrected chi connectivity index (χ3v) is 3.45. The molecule has 0 spiro atoms. The van der Waals surface area contributed by atoms with E-state index < -0.39 is 0 Å². The van der Waals surface area contributed by atoms with Gasteiger partial charge in [-0.05, 0) is 25.2 Å². The number of rotatable bonds is 0. The molecule has 2 unspecified atom stereocenters. The number of amidine groups is 1. The minimum Gasteiger partial charge on any atom is -0.363 e. The van der Waals surface area contributed by atoms with Crippen LogP contribution >= 0.6 is 0 Å². The minimum absolute atomic E-state index is 0.800. The number of likely N-dealkylation sites (tertiary alicyclic amines) is 1. The Morgan fingerprint density at radius 1 is 1.33 bits per heavy atom. The van der Waals surface area contributed by atoms with Gasteiger partial charge in [-0.2, -0.15) is 0 Å². The van der Waals surface area contributed by atoms with Crippen LogP contribution in [0.15, 0.2) is 4.99 Å². The molecule has 0 radical (unpaired) electrons. The summed E-state index contributed by atoms with van der Waals surface area (Å²) in [7, 11) is 4.11. The van der Waals surface area contributed by atoms with Gasteiger partial charge in [-0.3, -0.25) is 4.99 Å². The normalized spacial score (nSPS) is 38.8. The van der Waals surface area contributed by atoms with Crippen LogP contribution in [-0.2, 0) is 0 Å². The number of fused-ring (bicyclic) bond motifs is 1. The van der Waals surface area contributed by atoms with E-state index in [1.165, 1.54) is 38.1 Å². The third kappa shape index (κ3) is 1.13. The third-order valence-electron chi connectivity index (χ3n) is 3.45. The number of piperidine rings is 1. The molecule has 0 bridgehead atoms. The van der Waals surface area contributed by atoms with Crippen molar-refractivity contribution in [2.75, 3.05) is 20.6 Å². The first-order valence-electron chi connectivity index (χ1n) is 5.00. The Hall–Kier alpha value is -0.530. The van der Waals surface area contributed by atoms with E-state index in [2.05, 4.69) is 16.9 Å². The van der Waals surface area contributed by atoms with Crippen LogP contribution in [0.3, 0.4) is 0 Å². The zero-order chi connectivity index (χ0) is 8.55. The molecule has 0 N–H and O–H groups in total. The second-order valence-electron chi connectivity index (χ2n) is 4.09. The van der Waals surface area contributed by atoms with Crippen molar-refractivity contribution >= 4 is 5.84 Å². The van der Waals surface area contributed by atoms with Gasteiger partial charge in [-0.25, -0.2) is 0 Å². The van der Waals surface area contributed by atoms with Crippen molar-refractivity contribution in [3.63, 3.8) is 0 Å². The Morgan fingerprint density at radius 2 is 2.17 bits per heavy atom.